The Morgan fingerprint density at radius 2 is 2.09 bits per heavy atom. The van der Waals surface area contributed by atoms with E-state index in [1.54, 1.807) is 7.11 Å². The van der Waals surface area contributed by atoms with Crippen molar-refractivity contribution >= 4 is 21.7 Å². The summed E-state index contributed by atoms with van der Waals surface area (Å²) < 4.78 is 32.5. The lowest BCUT2D eigenvalue weighted by Crippen LogP contribution is -2.28. The molecule has 23 heavy (non-hydrogen) atoms. The third kappa shape index (κ3) is 5.81. The number of carboxylic acid groups (broad SMARTS) is 1. The van der Waals surface area contributed by atoms with Gasteiger partial charge in [-0.25, -0.2) is 17.9 Å². The van der Waals surface area contributed by atoms with Gasteiger partial charge < -0.3 is 15.2 Å². The number of benzene rings is 1. The summed E-state index contributed by atoms with van der Waals surface area (Å²) in [6.45, 7) is 4.50. The van der Waals surface area contributed by atoms with E-state index in [-0.39, 0.29) is 16.5 Å². The molecule has 1 aromatic rings. The van der Waals surface area contributed by atoms with Crippen LogP contribution in [0.2, 0.25) is 0 Å². The molecule has 0 amide bonds. The summed E-state index contributed by atoms with van der Waals surface area (Å²) in [6.07, 6.45) is 1.56. The van der Waals surface area contributed by atoms with Gasteiger partial charge in [-0.2, -0.15) is 0 Å². The number of anilines is 1. The molecule has 130 valence electrons. The SMILES string of the molecule is CCCCNS(=O)(=O)c1cc(C(=O)O)ccc1N[C@@H](C)COC. The highest BCUT2D eigenvalue weighted by atomic mass is 32.2. The fraction of sp³-hybridized carbons (Fsp3) is 0.533. The average Bonchev–Trinajstić information content (AvgIpc) is 2.47. The van der Waals surface area contributed by atoms with E-state index < -0.39 is 16.0 Å². The smallest absolute Gasteiger partial charge is 0.335 e. The number of aromatic carboxylic acids is 1. The molecular weight excluding hydrogens is 320 g/mol. The molecule has 0 bridgehead atoms. The van der Waals surface area contributed by atoms with Gasteiger partial charge in [0.05, 0.1) is 17.9 Å². The molecule has 7 nitrogen and oxygen atoms in total. The molecule has 1 atom stereocenters. The Hall–Kier alpha value is -1.64. The first-order chi connectivity index (χ1) is 10.8. The van der Waals surface area contributed by atoms with Crippen LogP contribution in [0.3, 0.4) is 0 Å². The van der Waals surface area contributed by atoms with Crippen LogP contribution in [0, 0.1) is 0 Å². The van der Waals surface area contributed by atoms with Crippen LogP contribution in [0.1, 0.15) is 37.0 Å². The van der Waals surface area contributed by atoms with E-state index >= 15 is 0 Å². The molecular formula is C15H24N2O5S. The average molecular weight is 344 g/mol. The van der Waals surface area contributed by atoms with Crippen molar-refractivity contribution in [2.24, 2.45) is 0 Å². The number of hydrogen-bond donors (Lipinski definition) is 3. The first-order valence-corrected chi connectivity index (χ1v) is 8.92. The molecule has 0 aliphatic heterocycles. The molecule has 0 unspecified atom stereocenters. The molecule has 1 rings (SSSR count). The van der Waals surface area contributed by atoms with Crippen molar-refractivity contribution in [2.45, 2.75) is 37.6 Å². The predicted octanol–water partition coefficient (Wildman–Crippen LogP) is 1.91. The van der Waals surface area contributed by atoms with E-state index in [0.29, 0.717) is 25.3 Å². The number of methoxy groups -OCH3 is 1. The van der Waals surface area contributed by atoms with Crippen LogP contribution in [0.5, 0.6) is 0 Å². The highest BCUT2D eigenvalue weighted by Gasteiger charge is 2.21. The predicted molar refractivity (Wildman–Crippen MR) is 88.5 cm³/mol. The highest BCUT2D eigenvalue weighted by Crippen LogP contribution is 2.24. The molecule has 0 fully saturated rings. The van der Waals surface area contributed by atoms with Crippen molar-refractivity contribution in [3.63, 3.8) is 0 Å². The Labute approximate surface area is 137 Å². The molecule has 0 radical (unpaired) electrons. The van der Waals surface area contributed by atoms with Gasteiger partial charge >= 0.3 is 5.97 Å². The Morgan fingerprint density at radius 1 is 1.39 bits per heavy atom. The summed E-state index contributed by atoms with van der Waals surface area (Å²) in [5.74, 6) is -1.17. The summed E-state index contributed by atoms with van der Waals surface area (Å²) >= 11 is 0. The quantitative estimate of drug-likeness (QED) is 0.560. The van der Waals surface area contributed by atoms with Crippen LogP contribution in [-0.2, 0) is 14.8 Å². The van der Waals surface area contributed by atoms with Crippen LogP contribution < -0.4 is 10.0 Å². The molecule has 0 aliphatic carbocycles. The summed E-state index contributed by atoms with van der Waals surface area (Å²) in [7, 11) is -2.25. The number of ether oxygens (including phenoxy) is 1. The van der Waals surface area contributed by atoms with E-state index in [9.17, 15) is 13.2 Å². The monoisotopic (exact) mass is 344 g/mol. The van der Waals surface area contributed by atoms with Crippen molar-refractivity contribution in [3.8, 4) is 0 Å². The number of carbonyl (C=O) groups is 1. The van der Waals surface area contributed by atoms with E-state index in [2.05, 4.69) is 10.0 Å². The zero-order chi connectivity index (χ0) is 17.5. The number of sulfonamides is 1. The Morgan fingerprint density at radius 3 is 2.65 bits per heavy atom. The number of unbranched alkanes of at least 4 members (excludes halogenated alkanes) is 1. The maximum absolute atomic E-state index is 12.5. The lowest BCUT2D eigenvalue weighted by Gasteiger charge is -2.18. The summed E-state index contributed by atoms with van der Waals surface area (Å²) in [4.78, 5) is 11.0. The Kier molecular flexibility index (Phi) is 7.47. The molecule has 0 aliphatic rings. The maximum atomic E-state index is 12.5. The summed E-state index contributed by atoms with van der Waals surface area (Å²) in [5.41, 5.74) is 0.273. The second-order valence-electron chi connectivity index (χ2n) is 5.27. The zero-order valence-electron chi connectivity index (χ0n) is 13.6. The molecule has 0 aromatic heterocycles. The standard InChI is InChI=1S/C15H24N2O5S/c1-4-5-8-16-23(20,21)14-9-12(15(18)19)6-7-13(14)17-11(2)10-22-3/h6-7,9,11,16-17H,4-5,8,10H2,1-3H3,(H,18,19)/t11-/m0/s1. The normalized spacial score (nSPS) is 12.8. The van der Waals surface area contributed by atoms with Crippen LogP contribution in [0.15, 0.2) is 23.1 Å². The molecule has 0 spiro atoms. The van der Waals surface area contributed by atoms with Gasteiger partial charge in [0.1, 0.15) is 4.90 Å². The fourth-order valence-electron chi connectivity index (χ4n) is 2.02. The summed E-state index contributed by atoms with van der Waals surface area (Å²) in [6, 6.07) is 3.87. The maximum Gasteiger partial charge on any atom is 0.335 e. The number of hydrogen-bond acceptors (Lipinski definition) is 5. The van der Waals surface area contributed by atoms with Crippen molar-refractivity contribution in [2.75, 3.05) is 25.6 Å². The topological polar surface area (TPSA) is 105 Å². The number of nitrogens with one attached hydrogen (secondary N) is 2. The second-order valence-corrected chi connectivity index (χ2v) is 7.00. The first-order valence-electron chi connectivity index (χ1n) is 7.44. The number of carboxylic acids is 1. The Balaban J connectivity index is 3.17. The van der Waals surface area contributed by atoms with Crippen LogP contribution >= 0.6 is 0 Å². The van der Waals surface area contributed by atoms with Crippen molar-refractivity contribution in [1.29, 1.82) is 0 Å². The Bertz CT molecular complexity index is 631. The van der Waals surface area contributed by atoms with Crippen molar-refractivity contribution in [3.05, 3.63) is 23.8 Å². The third-order valence-corrected chi connectivity index (χ3v) is 4.66. The van der Waals surface area contributed by atoms with Gasteiger partial charge in [0, 0.05) is 19.7 Å². The van der Waals surface area contributed by atoms with Gasteiger partial charge in [-0.15, -0.1) is 0 Å². The van der Waals surface area contributed by atoms with Crippen LogP contribution in [-0.4, -0.2) is 45.8 Å². The zero-order valence-corrected chi connectivity index (χ0v) is 14.4. The highest BCUT2D eigenvalue weighted by molar-refractivity contribution is 7.89. The van der Waals surface area contributed by atoms with E-state index in [0.717, 1.165) is 6.42 Å². The molecule has 0 heterocycles. The molecule has 3 N–H and O–H groups in total. The minimum Gasteiger partial charge on any atom is -0.478 e. The van der Waals surface area contributed by atoms with Crippen molar-refractivity contribution < 1.29 is 23.1 Å². The number of rotatable bonds is 10. The molecule has 0 saturated heterocycles. The van der Waals surface area contributed by atoms with Gasteiger partial charge in [-0.1, -0.05) is 13.3 Å². The van der Waals surface area contributed by atoms with Crippen LogP contribution in [0.25, 0.3) is 0 Å². The lowest BCUT2D eigenvalue weighted by molar-refractivity contribution is 0.0696. The molecule has 1 aromatic carbocycles. The third-order valence-electron chi connectivity index (χ3n) is 3.16. The first kappa shape index (κ1) is 19.4. The lowest BCUT2D eigenvalue weighted by atomic mass is 10.2. The second kappa shape index (κ2) is 8.85. The van der Waals surface area contributed by atoms with E-state index in [1.807, 2.05) is 13.8 Å². The van der Waals surface area contributed by atoms with Gasteiger partial charge in [0.15, 0.2) is 0 Å². The summed E-state index contributed by atoms with van der Waals surface area (Å²) in [5, 5.41) is 12.1. The van der Waals surface area contributed by atoms with E-state index in [4.69, 9.17) is 9.84 Å². The molecule has 0 saturated carbocycles. The van der Waals surface area contributed by atoms with Crippen LogP contribution in [0.4, 0.5) is 5.69 Å². The van der Waals surface area contributed by atoms with Gasteiger partial charge in [0.2, 0.25) is 10.0 Å². The molecule has 8 heteroatoms. The van der Waals surface area contributed by atoms with Gasteiger partial charge in [-0.05, 0) is 31.5 Å². The fourth-order valence-corrected chi connectivity index (χ4v) is 3.28. The minimum absolute atomic E-state index is 0.0727. The van der Waals surface area contributed by atoms with E-state index in [1.165, 1.54) is 18.2 Å². The van der Waals surface area contributed by atoms with Crippen molar-refractivity contribution in [1.82, 2.24) is 4.72 Å². The van der Waals surface area contributed by atoms with Gasteiger partial charge in [0.25, 0.3) is 0 Å². The largest absolute Gasteiger partial charge is 0.478 e. The minimum atomic E-state index is -3.80. The van der Waals surface area contributed by atoms with Gasteiger partial charge in [-0.3, -0.25) is 0 Å².